The van der Waals surface area contributed by atoms with Crippen LogP contribution in [0, 0.1) is 11.3 Å². The Kier molecular flexibility index (Phi) is 4.50. The molecular formula is C19H19N5O2. The second-order valence-corrected chi connectivity index (χ2v) is 6.41. The number of anilines is 1. The Morgan fingerprint density at radius 3 is 2.65 bits per heavy atom. The molecule has 0 N–H and O–H groups in total. The Bertz CT molecular complexity index is 853. The lowest BCUT2D eigenvalue weighted by Crippen LogP contribution is -2.39. The minimum atomic E-state index is -0.0355. The van der Waals surface area contributed by atoms with Gasteiger partial charge in [-0.1, -0.05) is 0 Å². The molecule has 26 heavy (non-hydrogen) atoms. The van der Waals surface area contributed by atoms with Gasteiger partial charge in [-0.25, -0.2) is 9.97 Å². The van der Waals surface area contributed by atoms with E-state index in [0.29, 0.717) is 43.4 Å². The van der Waals surface area contributed by atoms with Crippen molar-refractivity contribution < 1.29 is 9.53 Å². The first-order chi connectivity index (χ1) is 12.7. The Morgan fingerprint density at radius 1 is 1.15 bits per heavy atom. The molecule has 2 aromatic rings. The highest BCUT2D eigenvalue weighted by Crippen LogP contribution is 2.21. The number of carbonyl (C=O) groups is 1. The summed E-state index contributed by atoms with van der Waals surface area (Å²) in [5, 5.41) is 8.89. The van der Waals surface area contributed by atoms with E-state index < -0.39 is 0 Å². The first-order valence-electron chi connectivity index (χ1n) is 8.71. The van der Waals surface area contributed by atoms with E-state index in [1.54, 1.807) is 29.2 Å². The van der Waals surface area contributed by atoms with Crippen LogP contribution in [0.3, 0.4) is 0 Å². The molecule has 0 unspecified atom stereocenters. The molecule has 1 aromatic heterocycles. The van der Waals surface area contributed by atoms with Crippen LogP contribution < -0.4 is 4.90 Å². The van der Waals surface area contributed by atoms with Crippen LogP contribution in [0.25, 0.3) is 0 Å². The molecule has 0 radical (unpaired) electrons. The molecule has 132 valence electrons. The van der Waals surface area contributed by atoms with Crippen LogP contribution in [0.2, 0.25) is 0 Å². The van der Waals surface area contributed by atoms with Gasteiger partial charge in [0.1, 0.15) is 0 Å². The minimum Gasteiger partial charge on any atom is -0.378 e. The van der Waals surface area contributed by atoms with Crippen molar-refractivity contribution in [3.05, 3.63) is 52.8 Å². The van der Waals surface area contributed by atoms with Crippen LogP contribution in [0.1, 0.15) is 27.2 Å². The van der Waals surface area contributed by atoms with Gasteiger partial charge < -0.3 is 14.5 Å². The SMILES string of the molecule is N#Cc1ccc(C(=O)N2CCc3cnc(N4CCOCC4)nc3C2)cc1. The fraction of sp³-hybridized carbons (Fsp3) is 0.368. The van der Waals surface area contributed by atoms with Crippen molar-refractivity contribution in [3.63, 3.8) is 0 Å². The van der Waals surface area contributed by atoms with Gasteiger partial charge in [-0.15, -0.1) is 0 Å². The molecule has 1 amide bonds. The number of amides is 1. The largest absolute Gasteiger partial charge is 0.378 e. The maximum atomic E-state index is 12.8. The van der Waals surface area contributed by atoms with E-state index in [1.807, 2.05) is 6.20 Å². The number of carbonyl (C=O) groups excluding carboxylic acids is 1. The second-order valence-electron chi connectivity index (χ2n) is 6.41. The molecule has 0 saturated carbocycles. The van der Waals surface area contributed by atoms with Gasteiger partial charge in [-0.2, -0.15) is 5.26 Å². The lowest BCUT2D eigenvalue weighted by molar-refractivity contribution is 0.0731. The maximum Gasteiger partial charge on any atom is 0.254 e. The lowest BCUT2D eigenvalue weighted by Gasteiger charge is -2.30. The summed E-state index contributed by atoms with van der Waals surface area (Å²) >= 11 is 0. The number of ether oxygens (including phenoxy) is 1. The van der Waals surface area contributed by atoms with Crippen molar-refractivity contribution in [1.82, 2.24) is 14.9 Å². The number of hydrogen-bond donors (Lipinski definition) is 0. The molecule has 0 spiro atoms. The monoisotopic (exact) mass is 349 g/mol. The van der Waals surface area contributed by atoms with Crippen molar-refractivity contribution >= 4 is 11.9 Å². The van der Waals surface area contributed by atoms with Gasteiger partial charge in [-0.3, -0.25) is 4.79 Å². The van der Waals surface area contributed by atoms with E-state index in [0.717, 1.165) is 30.8 Å². The second kappa shape index (κ2) is 7.10. The number of hydrogen-bond acceptors (Lipinski definition) is 6. The predicted molar refractivity (Wildman–Crippen MR) is 94.7 cm³/mol. The van der Waals surface area contributed by atoms with Gasteiger partial charge in [0, 0.05) is 31.4 Å². The number of nitriles is 1. The van der Waals surface area contributed by atoms with Gasteiger partial charge in [0.05, 0.1) is 37.1 Å². The van der Waals surface area contributed by atoms with Gasteiger partial charge >= 0.3 is 0 Å². The summed E-state index contributed by atoms with van der Waals surface area (Å²) in [5.41, 5.74) is 3.16. The van der Waals surface area contributed by atoms with Crippen LogP contribution in [-0.4, -0.2) is 53.6 Å². The fourth-order valence-corrected chi connectivity index (χ4v) is 3.25. The number of aromatic nitrogens is 2. The molecule has 7 heteroatoms. The lowest BCUT2D eigenvalue weighted by atomic mass is 10.1. The van der Waals surface area contributed by atoms with Crippen molar-refractivity contribution in [2.24, 2.45) is 0 Å². The number of rotatable bonds is 2. The van der Waals surface area contributed by atoms with E-state index >= 15 is 0 Å². The molecule has 0 atom stereocenters. The average Bonchev–Trinajstić information content (AvgIpc) is 2.73. The summed E-state index contributed by atoms with van der Waals surface area (Å²) in [6, 6.07) is 8.82. The van der Waals surface area contributed by atoms with Crippen molar-refractivity contribution in [1.29, 1.82) is 5.26 Å². The van der Waals surface area contributed by atoms with Crippen LogP contribution in [0.15, 0.2) is 30.5 Å². The normalized spacial score (nSPS) is 16.7. The Balaban J connectivity index is 1.52. The van der Waals surface area contributed by atoms with Gasteiger partial charge in [-0.05, 0) is 36.2 Å². The summed E-state index contributed by atoms with van der Waals surface area (Å²) in [6.45, 7) is 4.06. The molecule has 1 fully saturated rings. The van der Waals surface area contributed by atoms with Crippen molar-refractivity contribution in [3.8, 4) is 6.07 Å². The van der Waals surface area contributed by atoms with E-state index in [4.69, 9.17) is 15.0 Å². The number of morpholine rings is 1. The zero-order valence-corrected chi connectivity index (χ0v) is 14.4. The molecular weight excluding hydrogens is 330 g/mol. The fourth-order valence-electron chi connectivity index (χ4n) is 3.25. The number of benzene rings is 1. The summed E-state index contributed by atoms with van der Waals surface area (Å²) in [6.07, 6.45) is 2.64. The van der Waals surface area contributed by atoms with Gasteiger partial charge in [0.15, 0.2) is 0 Å². The molecule has 2 aliphatic heterocycles. The highest BCUT2D eigenvalue weighted by molar-refractivity contribution is 5.94. The maximum absolute atomic E-state index is 12.8. The van der Waals surface area contributed by atoms with E-state index in [9.17, 15) is 4.79 Å². The zero-order valence-electron chi connectivity index (χ0n) is 14.4. The van der Waals surface area contributed by atoms with E-state index in [-0.39, 0.29) is 5.91 Å². The molecule has 1 aromatic carbocycles. The molecule has 0 aliphatic carbocycles. The number of fused-ring (bicyclic) bond motifs is 1. The minimum absolute atomic E-state index is 0.0355. The Labute approximate surface area is 151 Å². The third-order valence-corrected chi connectivity index (χ3v) is 4.78. The third kappa shape index (κ3) is 3.24. The highest BCUT2D eigenvalue weighted by atomic mass is 16.5. The summed E-state index contributed by atoms with van der Waals surface area (Å²) in [7, 11) is 0. The topological polar surface area (TPSA) is 82.4 Å². The van der Waals surface area contributed by atoms with E-state index in [1.165, 1.54) is 0 Å². The standard InChI is InChI=1S/C19H19N5O2/c20-11-14-1-3-15(4-2-14)18(25)24-6-5-16-12-21-19(22-17(16)13-24)23-7-9-26-10-8-23/h1-4,12H,5-10,13H2. The zero-order chi connectivity index (χ0) is 17.9. The van der Waals surface area contributed by atoms with E-state index in [2.05, 4.69) is 16.0 Å². The summed E-state index contributed by atoms with van der Waals surface area (Å²) in [5.74, 6) is 0.673. The Hall–Kier alpha value is -2.98. The average molecular weight is 349 g/mol. The van der Waals surface area contributed by atoms with Crippen molar-refractivity contribution in [2.45, 2.75) is 13.0 Å². The van der Waals surface area contributed by atoms with Crippen molar-refractivity contribution in [2.75, 3.05) is 37.7 Å². The first kappa shape index (κ1) is 16.5. The quantitative estimate of drug-likeness (QED) is 0.815. The van der Waals surface area contributed by atoms with Gasteiger partial charge in [0.2, 0.25) is 5.95 Å². The van der Waals surface area contributed by atoms with Crippen LogP contribution >= 0.6 is 0 Å². The third-order valence-electron chi connectivity index (χ3n) is 4.78. The molecule has 2 aliphatic rings. The molecule has 1 saturated heterocycles. The van der Waals surface area contributed by atoms with Gasteiger partial charge in [0.25, 0.3) is 5.91 Å². The first-order valence-corrected chi connectivity index (χ1v) is 8.71. The van der Waals surface area contributed by atoms with Crippen LogP contribution in [-0.2, 0) is 17.7 Å². The predicted octanol–water partition coefficient (Wildman–Crippen LogP) is 1.38. The smallest absolute Gasteiger partial charge is 0.254 e. The highest BCUT2D eigenvalue weighted by Gasteiger charge is 2.24. The molecule has 0 bridgehead atoms. The molecule has 3 heterocycles. The van der Waals surface area contributed by atoms with Crippen LogP contribution in [0.4, 0.5) is 5.95 Å². The number of nitrogens with zero attached hydrogens (tertiary/aromatic N) is 5. The summed E-state index contributed by atoms with van der Waals surface area (Å²) < 4.78 is 5.38. The molecule has 4 rings (SSSR count). The molecule has 7 nitrogen and oxygen atoms in total. The Morgan fingerprint density at radius 2 is 1.92 bits per heavy atom. The summed E-state index contributed by atoms with van der Waals surface area (Å²) in [4.78, 5) is 25.9. The van der Waals surface area contributed by atoms with Crippen LogP contribution in [0.5, 0.6) is 0 Å².